The highest BCUT2D eigenvalue weighted by Gasteiger charge is 2.22. The van der Waals surface area contributed by atoms with Crippen molar-refractivity contribution in [2.45, 2.75) is 12.8 Å². The molecule has 11 heteroatoms. The Labute approximate surface area is 266 Å². The fourth-order valence-electron chi connectivity index (χ4n) is 6.12. The number of nitrogens with zero attached hydrogens (tertiary/aromatic N) is 6. The van der Waals surface area contributed by atoms with Crippen LogP contribution in [-0.2, 0) is 4.79 Å². The van der Waals surface area contributed by atoms with E-state index in [9.17, 15) is 4.79 Å². The Hall–Kier alpha value is -6.49. The Bertz CT molecular complexity index is 2580. The zero-order chi connectivity index (χ0) is 31.5. The van der Waals surface area contributed by atoms with Crippen molar-refractivity contribution in [2.24, 2.45) is 0 Å². The normalized spacial score (nSPS) is 11.8. The van der Waals surface area contributed by atoms with E-state index in [2.05, 4.69) is 9.97 Å². The second kappa shape index (κ2) is 10.6. The van der Waals surface area contributed by atoms with Crippen LogP contribution >= 0.6 is 0 Å². The van der Waals surface area contributed by atoms with Crippen molar-refractivity contribution in [2.75, 3.05) is 6.61 Å². The first-order valence-corrected chi connectivity index (χ1v) is 15.2. The fraction of sp³-hybridized carbons (Fsp3) is 0.0833. The number of hydrogen-bond acceptors (Lipinski definition) is 8. The first-order valence-electron chi connectivity index (χ1n) is 15.2. The summed E-state index contributed by atoms with van der Waals surface area (Å²) in [5.74, 6) is 1.85. The van der Waals surface area contributed by atoms with Crippen molar-refractivity contribution in [3.8, 4) is 51.3 Å². The Morgan fingerprint density at radius 3 is 1.45 bits per heavy atom. The van der Waals surface area contributed by atoms with E-state index >= 15 is 0 Å². The smallest absolute Gasteiger partial charge is 0.303 e. The fourth-order valence-corrected chi connectivity index (χ4v) is 6.12. The van der Waals surface area contributed by atoms with Gasteiger partial charge in [-0.25, -0.2) is 29.9 Å². The van der Waals surface area contributed by atoms with E-state index in [1.54, 1.807) is 0 Å². The molecular formula is C36H24N8O3. The highest BCUT2D eigenvalue weighted by Crippen LogP contribution is 2.37. The third-order valence-corrected chi connectivity index (χ3v) is 8.33. The number of aromatic amines is 2. The van der Waals surface area contributed by atoms with Crippen LogP contribution in [0, 0.1) is 0 Å². The Kier molecular flexibility index (Phi) is 6.03. The van der Waals surface area contributed by atoms with E-state index in [4.69, 9.17) is 39.7 Å². The topological polar surface area (TPSA) is 155 Å². The van der Waals surface area contributed by atoms with Gasteiger partial charge in [0.05, 0.1) is 6.61 Å². The molecule has 9 rings (SSSR count). The highest BCUT2D eigenvalue weighted by atomic mass is 16.5. The maximum Gasteiger partial charge on any atom is 0.303 e. The summed E-state index contributed by atoms with van der Waals surface area (Å²) in [4.78, 5) is 47.8. The lowest BCUT2D eigenvalue weighted by atomic mass is 10.1. The molecule has 0 spiro atoms. The number of H-pyrrole nitrogens is 2. The number of benzene rings is 4. The van der Waals surface area contributed by atoms with Gasteiger partial charge in [-0.1, -0.05) is 72.8 Å². The average Bonchev–Trinajstić information content (AvgIpc) is 3.82. The molecule has 5 heterocycles. The van der Waals surface area contributed by atoms with Crippen molar-refractivity contribution in [1.29, 1.82) is 0 Å². The maximum absolute atomic E-state index is 11.0. The van der Waals surface area contributed by atoms with Gasteiger partial charge in [0.25, 0.3) is 0 Å². The summed E-state index contributed by atoms with van der Waals surface area (Å²) in [6, 6.07) is 29.4. The van der Waals surface area contributed by atoms with Gasteiger partial charge in [0.1, 0.15) is 28.3 Å². The molecule has 2 aliphatic heterocycles. The van der Waals surface area contributed by atoms with Gasteiger partial charge in [-0.2, -0.15) is 0 Å². The molecule has 8 bridgehead atoms. The van der Waals surface area contributed by atoms with Crippen LogP contribution in [0.5, 0.6) is 5.75 Å². The van der Waals surface area contributed by atoms with Crippen molar-refractivity contribution < 1.29 is 14.6 Å². The third kappa shape index (κ3) is 4.55. The van der Waals surface area contributed by atoms with Crippen LogP contribution in [0.1, 0.15) is 12.8 Å². The number of rotatable bonds is 5. The molecule has 7 aromatic rings. The first kappa shape index (κ1) is 26.9. The molecule has 11 nitrogen and oxygen atoms in total. The highest BCUT2D eigenvalue weighted by molar-refractivity contribution is 6.06. The van der Waals surface area contributed by atoms with Crippen LogP contribution in [-0.4, -0.2) is 57.6 Å². The van der Waals surface area contributed by atoms with E-state index in [0.717, 1.165) is 43.8 Å². The summed E-state index contributed by atoms with van der Waals surface area (Å²) in [5.41, 5.74) is 5.86. The molecule has 0 atom stereocenters. The number of carboxylic acids is 1. The van der Waals surface area contributed by atoms with Crippen molar-refractivity contribution in [1.82, 2.24) is 39.9 Å². The van der Waals surface area contributed by atoms with Gasteiger partial charge in [-0.05, 0) is 24.6 Å². The van der Waals surface area contributed by atoms with Crippen LogP contribution in [0.2, 0.25) is 0 Å². The third-order valence-electron chi connectivity index (χ3n) is 8.33. The van der Waals surface area contributed by atoms with Crippen LogP contribution in [0.4, 0.5) is 0 Å². The molecule has 0 unspecified atom stereocenters. The number of aliphatic carboxylic acids is 1. The lowest BCUT2D eigenvalue weighted by Crippen LogP contribution is -2.01. The van der Waals surface area contributed by atoms with Gasteiger partial charge < -0.3 is 19.8 Å². The molecule has 0 amide bonds. The minimum absolute atomic E-state index is 0.0352. The number of carbonyl (C=O) groups is 1. The van der Waals surface area contributed by atoms with Crippen molar-refractivity contribution in [3.63, 3.8) is 0 Å². The zero-order valence-corrected chi connectivity index (χ0v) is 24.7. The quantitative estimate of drug-likeness (QED) is 0.171. The molecule has 0 fully saturated rings. The molecular weight excluding hydrogens is 592 g/mol. The molecule has 3 N–H and O–H groups in total. The largest absolute Gasteiger partial charge is 0.494 e. The molecule has 226 valence electrons. The predicted octanol–water partition coefficient (Wildman–Crippen LogP) is 7.11. The van der Waals surface area contributed by atoms with Crippen LogP contribution < -0.4 is 4.74 Å². The lowest BCUT2D eigenvalue weighted by Gasteiger charge is -2.05. The van der Waals surface area contributed by atoms with E-state index in [0.29, 0.717) is 58.1 Å². The molecule has 0 radical (unpaired) electrons. The van der Waals surface area contributed by atoms with E-state index in [1.165, 1.54) is 0 Å². The standard InChI is InChI=1S/C36H24N8O3/c45-28(46)14-7-17-47-19-15-16-26-27(18-19)36-43-34-25-13-6-5-12-24(25)32(41-34)39-30-21-9-2-1-8-20(21)29(37-30)38-31-22-10-3-4-11-23(22)33(40-31)42-35(26)44-36/h1-6,8-13,15-16,18H,7,14,17H2,(H,45,46)(H2,37,38,39,40,41,42,43,44). The van der Waals surface area contributed by atoms with Gasteiger partial charge in [-0.3, -0.25) is 4.79 Å². The predicted molar refractivity (Wildman–Crippen MR) is 178 cm³/mol. The SMILES string of the molecule is O=C(O)CCCOc1ccc2c3nc4nc(nc5[nH]c(nc6nc(nc([nH]3)c2c1)-c1ccccc1-6)c1ccccc51)-c1ccccc1-4. The molecule has 0 saturated heterocycles. The van der Waals surface area contributed by atoms with Crippen molar-refractivity contribution in [3.05, 3.63) is 91.0 Å². The Morgan fingerprint density at radius 2 is 0.979 bits per heavy atom. The average molecular weight is 617 g/mol. The summed E-state index contributed by atoms with van der Waals surface area (Å²) in [6.45, 7) is 0.274. The molecule has 2 aliphatic rings. The van der Waals surface area contributed by atoms with Gasteiger partial charge in [-0.15, -0.1) is 0 Å². The number of fused-ring (bicyclic) bond motifs is 20. The minimum Gasteiger partial charge on any atom is -0.494 e. The molecule has 0 aliphatic carbocycles. The van der Waals surface area contributed by atoms with Gasteiger partial charge in [0, 0.05) is 50.2 Å². The molecule has 3 aromatic heterocycles. The zero-order valence-electron chi connectivity index (χ0n) is 24.7. The van der Waals surface area contributed by atoms with Crippen LogP contribution in [0.15, 0.2) is 91.0 Å². The summed E-state index contributed by atoms with van der Waals surface area (Å²) in [5, 5.41) is 12.4. The number of nitrogens with one attached hydrogen (secondary N) is 2. The minimum atomic E-state index is -0.854. The van der Waals surface area contributed by atoms with E-state index < -0.39 is 5.97 Å². The summed E-state index contributed by atoms with van der Waals surface area (Å²) in [6.07, 6.45) is 0.433. The Balaban J connectivity index is 1.37. The second-order valence-corrected chi connectivity index (χ2v) is 11.3. The van der Waals surface area contributed by atoms with Crippen LogP contribution in [0.25, 0.3) is 89.7 Å². The summed E-state index contributed by atoms with van der Waals surface area (Å²) >= 11 is 0. The van der Waals surface area contributed by atoms with Crippen LogP contribution in [0.3, 0.4) is 0 Å². The molecule has 47 heavy (non-hydrogen) atoms. The van der Waals surface area contributed by atoms with Crippen molar-refractivity contribution >= 4 is 50.1 Å². The monoisotopic (exact) mass is 616 g/mol. The van der Waals surface area contributed by atoms with E-state index in [1.807, 2.05) is 91.0 Å². The lowest BCUT2D eigenvalue weighted by molar-refractivity contribution is -0.137. The maximum atomic E-state index is 11.0. The number of aromatic nitrogens is 8. The number of ether oxygens (including phenoxy) is 1. The molecule has 4 aromatic carbocycles. The second-order valence-electron chi connectivity index (χ2n) is 11.3. The molecule has 0 saturated carbocycles. The van der Waals surface area contributed by atoms with Gasteiger partial charge in [0.2, 0.25) is 0 Å². The summed E-state index contributed by atoms with van der Waals surface area (Å²) < 4.78 is 5.93. The van der Waals surface area contributed by atoms with Gasteiger partial charge >= 0.3 is 5.97 Å². The number of hydrogen-bond donors (Lipinski definition) is 3. The number of carboxylic acid groups (broad SMARTS) is 1. The first-order chi connectivity index (χ1) is 23.1. The van der Waals surface area contributed by atoms with Gasteiger partial charge in [0.15, 0.2) is 23.3 Å². The van der Waals surface area contributed by atoms with E-state index in [-0.39, 0.29) is 13.0 Å². The Morgan fingerprint density at radius 1 is 0.553 bits per heavy atom. The summed E-state index contributed by atoms with van der Waals surface area (Å²) in [7, 11) is 0.